The summed E-state index contributed by atoms with van der Waals surface area (Å²) in [5.41, 5.74) is 1.15. The van der Waals surface area contributed by atoms with Crippen LogP contribution in [-0.4, -0.2) is 24.7 Å². The lowest BCUT2D eigenvalue weighted by atomic mass is 10.4. The molecule has 1 heterocycles. The van der Waals surface area contributed by atoms with Crippen LogP contribution in [0.3, 0.4) is 0 Å². The van der Waals surface area contributed by atoms with Gasteiger partial charge in [-0.25, -0.2) is 4.98 Å². The molecule has 0 unspecified atom stereocenters. The number of nitrogens with zero attached hydrogens (tertiary/aromatic N) is 1. The second-order valence-electron chi connectivity index (χ2n) is 3.88. The fourth-order valence-electron chi connectivity index (χ4n) is 1.43. The number of rotatable bonds is 8. The van der Waals surface area contributed by atoms with E-state index < -0.39 is 0 Å². The molecule has 0 bridgehead atoms. The summed E-state index contributed by atoms with van der Waals surface area (Å²) < 4.78 is 5.47. The van der Waals surface area contributed by atoms with Gasteiger partial charge in [0, 0.05) is 24.6 Å². The van der Waals surface area contributed by atoms with Crippen molar-refractivity contribution in [1.29, 1.82) is 0 Å². The smallest absolute Gasteiger partial charge is 0.0900 e. The Kier molecular flexibility index (Phi) is 6.61. The quantitative estimate of drug-likeness (QED) is 0.712. The van der Waals surface area contributed by atoms with E-state index in [1.165, 1.54) is 11.3 Å². The van der Waals surface area contributed by atoms with E-state index in [4.69, 9.17) is 4.74 Å². The van der Waals surface area contributed by atoms with Gasteiger partial charge in [0.2, 0.25) is 0 Å². The zero-order chi connectivity index (χ0) is 11.8. The topological polar surface area (TPSA) is 34.1 Å². The second kappa shape index (κ2) is 7.76. The van der Waals surface area contributed by atoms with E-state index in [1.807, 2.05) is 0 Å². The third-order valence-electron chi connectivity index (χ3n) is 2.35. The first-order chi connectivity index (χ1) is 7.74. The fraction of sp³-hybridized carbons (Fsp3) is 0.750. The fourth-order valence-corrected chi connectivity index (χ4v) is 2.34. The Bertz CT molecular complexity index is 299. The molecule has 4 heteroatoms. The van der Waals surface area contributed by atoms with Crippen molar-refractivity contribution in [3.8, 4) is 0 Å². The minimum Gasteiger partial charge on any atom is -0.380 e. The number of nitrogens with one attached hydrogen (secondary N) is 1. The Hall–Kier alpha value is -0.450. The van der Waals surface area contributed by atoms with E-state index in [9.17, 15) is 0 Å². The Morgan fingerprint density at radius 1 is 1.31 bits per heavy atom. The molecule has 0 saturated carbocycles. The van der Waals surface area contributed by atoms with Gasteiger partial charge in [0.05, 0.1) is 17.3 Å². The van der Waals surface area contributed by atoms with Crippen molar-refractivity contribution in [2.24, 2.45) is 0 Å². The summed E-state index contributed by atoms with van der Waals surface area (Å²) >= 11 is 1.77. The van der Waals surface area contributed by atoms with Crippen LogP contribution in [0.1, 0.15) is 35.3 Å². The summed E-state index contributed by atoms with van der Waals surface area (Å²) in [5.74, 6) is 0. The molecule has 0 atom stereocenters. The highest BCUT2D eigenvalue weighted by atomic mass is 32.1. The number of thiazole rings is 1. The van der Waals surface area contributed by atoms with Gasteiger partial charge in [0.25, 0.3) is 0 Å². The van der Waals surface area contributed by atoms with Crippen molar-refractivity contribution in [2.75, 3.05) is 19.8 Å². The zero-order valence-corrected chi connectivity index (χ0v) is 11.3. The molecular weight excluding hydrogens is 220 g/mol. The summed E-state index contributed by atoms with van der Waals surface area (Å²) in [6.07, 6.45) is 2.36. The largest absolute Gasteiger partial charge is 0.380 e. The third kappa shape index (κ3) is 5.05. The van der Waals surface area contributed by atoms with Gasteiger partial charge in [0.1, 0.15) is 0 Å². The van der Waals surface area contributed by atoms with E-state index in [2.05, 4.69) is 31.1 Å². The van der Waals surface area contributed by atoms with Gasteiger partial charge >= 0.3 is 0 Å². The molecule has 0 aliphatic carbocycles. The van der Waals surface area contributed by atoms with Gasteiger partial charge in [-0.15, -0.1) is 11.3 Å². The summed E-state index contributed by atoms with van der Waals surface area (Å²) in [5, 5.41) is 4.52. The molecule has 1 rings (SSSR count). The van der Waals surface area contributed by atoms with E-state index in [0.29, 0.717) is 0 Å². The van der Waals surface area contributed by atoms with Crippen LogP contribution in [0.4, 0.5) is 0 Å². The number of hydrogen-bond acceptors (Lipinski definition) is 4. The second-order valence-corrected chi connectivity index (χ2v) is 5.17. The third-order valence-corrected chi connectivity index (χ3v) is 3.42. The Balaban J connectivity index is 2.05. The molecule has 16 heavy (non-hydrogen) atoms. The maximum atomic E-state index is 5.47. The maximum Gasteiger partial charge on any atom is 0.0900 e. The molecule has 3 nitrogen and oxygen atoms in total. The van der Waals surface area contributed by atoms with Crippen molar-refractivity contribution in [1.82, 2.24) is 10.3 Å². The molecule has 0 saturated heterocycles. The maximum absolute atomic E-state index is 5.47. The normalized spacial score (nSPS) is 10.9. The molecule has 1 aromatic rings. The molecule has 0 aromatic carbocycles. The SMILES string of the molecule is CCCCOCCNCc1sc(C)nc1C. The average molecular weight is 242 g/mol. The summed E-state index contributed by atoms with van der Waals surface area (Å²) in [4.78, 5) is 5.74. The van der Waals surface area contributed by atoms with Crippen LogP contribution in [0.2, 0.25) is 0 Å². The Labute approximate surface area is 102 Å². The number of hydrogen-bond donors (Lipinski definition) is 1. The van der Waals surface area contributed by atoms with Crippen molar-refractivity contribution < 1.29 is 4.74 Å². The van der Waals surface area contributed by atoms with Gasteiger partial charge < -0.3 is 10.1 Å². The lowest BCUT2D eigenvalue weighted by Gasteiger charge is -2.04. The van der Waals surface area contributed by atoms with E-state index >= 15 is 0 Å². The van der Waals surface area contributed by atoms with Crippen LogP contribution in [0.5, 0.6) is 0 Å². The lowest BCUT2D eigenvalue weighted by molar-refractivity contribution is 0.133. The van der Waals surface area contributed by atoms with Crippen LogP contribution in [0.15, 0.2) is 0 Å². The summed E-state index contributed by atoms with van der Waals surface area (Å²) in [6, 6.07) is 0. The summed E-state index contributed by atoms with van der Waals surface area (Å²) in [6.45, 7) is 9.81. The van der Waals surface area contributed by atoms with Gasteiger partial charge in [0.15, 0.2) is 0 Å². The van der Waals surface area contributed by atoms with Gasteiger partial charge in [-0.1, -0.05) is 13.3 Å². The Morgan fingerprint density at radius 3 is 2.75 bits per heavy atom. The molecule has 0 spiro atoms. The lowest BCUT2D eigenvalue weighted by Crippen LogP contribution is -2.19. The van der Waals surface area contributed by atoms with Gasteiger partial charge in [-0.05, 0) is 20.3 Å². The van der Waals surface area contributed by atoms with Crippen molar-refractivity contribution in [3.63, 3.8) is 0 Å². The first kappa shape index (κ1) is 13.6. The standard InChI is InChI=1S/C12H22N2OS/c1-4-5-7-15-8-6-13-9-12-10(2)14-11(3)16-12/h13H,4-9H2,1-3H3. The van der Waals surface area contributed by atoms with Gasteiger partial charge in [-0.3, -0.25) is 0 Å². The van der Waals surface area contributed by atoms with Crippen LogP contribution in [0.25, 0.3) is 0 Å². The molecule has 0 amide bonds. The molecule has 1 aromatic heterocycles. The predicted octanol–water partition coefficient (Wildman–Crippen LogP) is 2.67. The minimum atomic E-state index is 0.802. The van der Waals surface area contributed by atoms with E-state index in [-0.39, 0.29) is 0 Å². The molecule has 0 aliphatic heterocycles. The highest BCUT2D eigenvalue weighted by Gasteiger charge is 2.03. The Morgan fingerprint density at radius 2 is 2.12 bits per heavy atom. The van der Waals surface area contributed by atoms with Crippen LogP contribution >= 0.6 is 11.3 Å². The van der Waals surface area contributed by atoms with E-state index in [0.717, 1.165) is 43.4 Å². The summed E-state index contributed by atoms with van der Waals surface area (Å²) in [7, 11) is 0. The molecule has 0 fully saturated rings. The minimum absolute atomic E-state index is 0.802. The van der Waals surface area contributed by atoms with Crippen molar-refractivity contribution >= 4 is 11.3 Å². The van der Waals surface area contributed by atoms with Crippen LogP contribution < -0.4 is 5.32 Å². The zero-order valence-electron chi connectivity index (χ0n) is 10.5. The number of ether oxygens (including phenoxy) is 1. The molecule has 0 radical (unpaired) electrons. The number of aromatic nitrogens is 1. The van der Waals surface area contributed by atoms with E-state index in [1.54, 1.807) is 11.3 Å². The predicted molar refractivity (Wildman–Crippen MR) is 69.0 cm³/mol. The molecule has 1 N–H and O–H groups in total. The molecular formula is C12H22N2OS. The number of aryl methyl sites for hydroxylation is 2. The average Bonchev–Trinajstić information content (AvgIpc) is 2.56. The first-order valence-electron chi connectivity index (χ1n) is 5.95. The highest BCUT2D eigenvalue weighted by Crippen LogP contribution is 2.16. The van der Waals surface area contributed by atoms with Crippen molar-refractivity contribution in [2.45, 2.75) is 40.2 Å². The highest BCUT2D eigenvalue weighted by molar-refractivity contribution is 7.11. The van der Waals surface area contributed by atoms with Gasteiger partial charge in [-0.2, -0.15) is 0 Å². The molecule has 0 aliphatic rings. The number of unbranched alkanes of at least 4 members (excludes halogenated alkanes) is 1. The van der Waals surface area contributed by atoms with Crippen LogP contribution in [0, 0.1) is 13.8 Å². The molecule has 92 valence electrons. The first-order valence-corrected chi connectivity index (χ1v) is 6.77. The van der Waals surface area contributed by atoms with Crippen molar-refractivity contribution in [3.05, 3.63) is 15.6 Å². The monoisotopic (exact) mass is 242 g/mol. The van der Waals surface area contributed by atoms with Crippen LogP contribution in [-0.2, 0) is 11.3 Å².